The molecule has 0 fully saturated rings. The molecule has 0 atom stereocenters. The molecule has 19 heavy (non-hydrogen) atoms. The number of amides is 1. The fraction of sp³-hybridized carbons (Fsp3) is 0.231. The summed E-state index contributed by atoms with van der Waals surface area (Å²) in [7, 11) is 1.63. The van der Waals surface area contributed by atoms with Gasteiger partial charge in [0.05, 0.1) is 17.1 Å². The van der Waals surface area contributed by atoms with Gasteiger partial charge in [-0.15, -0.1) is 11.3 Å². The second-order valence-electron chi connectivity index (χ2n) is 4.25. The second kappa shape index (κ2) is 5.36. The van der Waals surface area contributed by atoms with Gasteiger partial charge < -0.3 is 10.6 Å². The van der Waals surface area contributed by atoms with Crippen molar-refractivity contribution in [3.63, 3.8) is 0 Å². The maximum Gasteiger partial charge on any atom is 0.256 e. The molecule has 0 aliphatic heterocycles. The Morgan fingerprint density at radius 2 is 2.26 bits per heavy atom. The number of nitrogens with two attached hydrogens (primary N) is 1. The van der Waals surface area contributed by atoms with Crippen LogP contribution in [0, 0.1) is 12.7 Å². The molecule has 0 saturated carbocycles. The molecule has 0 radical (unpaired) electrons. The van der Waals surface area contributed by atoms with E-state index in [9.17, 15) is 9.18 Å². The molecule has 0 aliphatic rings. The Kier molecular flexibility index (Phi) is 3.80. The van der Waals surface area contributed by atoms with Gasteiger partial charge in [0.2, 0.25) is 0 Å². The van der Waals surface area contributed by atoms with E-state index in [-0.39, 0.29) is 5.56 Å². The maximum absolute atomic E-state index is 13.6. The van der Waals surface area contributed by atoms with Crippen molar-refractivity contribution in [1.29, 1.82) is 0 Å². The van der Waals surface area contributed by atoms with Crippen molar-refractivity contribution in [2.75, 3.05) is 12.8 Å². The van der Waals surface area contributed by atoms with Crippen LogP contribution >= 0.6 is 11.3 Å². The Hall–Kier alpha value is -1.95. The van der Waals surface area contributed by atoms with Crippen LogP contribution in [0.25, 0.3) is 0 Å². The molecule has 1 heterocycles. The quantitative estimate of drug-likeness (QED) is 0.878. The van der Waals surface area contributed by atoms with Crippen molar-refractivity contribution in [2.24, 2.45) is 0 Å². The predicted molar refractivity (Wildman–Crippen MR) is 73.5 cm³/mol. The number of halogens is 1. The standard InChI is InChI=1S/C13H14FN3OS/c1-8-16-6-10(19-8)7-17(2)13(18)11-5-9(15)3-4-12(11)14/h3-6H,7,15H2,1-2H3. The highest BCUT2D eigenvalue weighted by Gasteiger charge is 2.17. The third kappa shape index (κ3) is 3.08. The summed E-state index contributed by atoms with van der Waals surface area (Å²) in [5, 5.41) is 0.936. The molecule has 0 bridgehead atoms. The molecule has 0 saturated heterocycles. The van der Waals surface area contributed by atoms with Crippen LogP contribution in [-0.2, 0) is 6.54 Å². The first kappa shape index (κ1) is 13.5. The van der Waals surface area contributed by atoms with Crippen molar-refractivity contribution in [3.05, 3.63) is 45.7 Å². The summed E-state index contributed by atoms with van der Waals surface area (Å²) in [5.74, 6) is -0.956. The minimum atomic E-state index is -0.563. The van der Waals surface area contributed by atoms with Crippen LogP contribution in [0.2, 0.25) is 0 Å². The zero-order valence-electron chi connectivity index (χ0n) is 10.7. The van der Waals surface area contributed by atoms with E-state index < -0.39 is 11.7 Å². The fourth-order valence-electron chi connectivity index (χ4n) is 1.70. The van der Waals surface area contributed by atoms with Gasteiger partial charge in [-0.3, -0.25) is 4.79 Å². The number of rotatable bonds is 3. The first-order chi connectivity index (χ1) is 8.97. The molecule has 1 amide bonds. The van der Waals surface area contributed by atoms with Crippen LogP contribution in [0.1, 0.15) is 20.2 Å². The van der Waals surface area contributed by atoms with Crippen LogP contribution in [0.3, 0.4) is 0 Å². The minimum Gasteiger partial charge on any atom is -0.399 e. The lowest BCUT2D eigenvalue weighted by molar-refractivity contribution is 0.0782. The summed E-state index contributed by atoms with van der Waals surface area (Å²) in [6.07, 6.45) is 1.72. The van der Waals surface area contributed by atoms with E-state index in [1.165, 1.54) is 34.4 Å². The highest BCUT2D eigenvalue weighted by molar-refractivity contribution is 7.11. The van der Waals surface area contributed by atoms with Gasteiger partial charge in [-0.25, -0.2) is 9.37 Å². The summed E-state index contributed by atoms with van der Waals surface area (Å²) < 4.78 is 13.6. The number of benzene rings is 1. The third-order valence-electron chi connectivity index (χ3n) is 2.63. The van der Waals surface area contributed by atoms with E-state index in [2.05, 4.69) is 4.98 Å². The van der Waals surface area contributed by atoms with Gasteiger partial charge in [0.1, 0.15) is 5.82 Å². The summed E-state index contributed by atoms with van der Waals surface area (Å²) >= 11 is 1.51. The first-order valence-corrected chi connectivity index (χ1v) is 6.51. The molecule has 2 rings (SSSR count). The lowest BCUT2D eigenvalue weighted by atomic mass is 10.1. The fourth-order valence-corrected chi connectivity index (χ4v) is 2.54. The summed E-state index contributed by atoms with van der Waals surface area (Å²) in [4.78, 5) is 18.7. The van der Waals surface area contributed by atoms with E-state index in [0.717, 1.165) is 9.88 Å². The molecule has 2 N–H and O–H groups in total. The van der Waals surface area contributed by atoms with Crippen LogP contribution in [0.15, 0.2) is 24.4 Å². The number of hydrogen-bond donors (Lipinski definition) is 1. The Morgan fingerprint density at radius 1 is 1.53 bits per heavy atom. The van der Waals surface area contributed by atoms with Crippen molar-refractivity contribution in [2.45, 2.75) is 13.5 Å². The molecule has 0 unspecified atom stereocenters. The normalized spacial score (nSPS) is 10.5. The van der Waals surface area contributed by atoms with Crippen LogP contribution in [0.5, 0.6) is 0 Å². The van der Waals surface area contributed by atoms with Crippen LogP contribution < -0.4 is 5.73 Å². The predicted octanol–water partition coefficient (Wildman–Crippen LogP) is 2.45. The molecule has 100 valence electrons. The number of nitrogen functional groups attached to an aromatic ring is 1. The number of thiazole rings is 1. The van der Waals surface area contributed by atoms with Gasteiger partial charge in [-0.1, -0.05) is 0 Å². The molecule has 2 aromatic rings. The number of nitrogens with zero attached hydrogens (tertiary/aromatic N) is 2. The van der Waals surface area contributed by atoms with Crippen molar-refractivity contribution in [1.82, 2.24) is 9.88 Å². The highest BCUT2D eigenvalue weighted by atomic mass is 32.1. The molecule has 1 aromatic heterocycles. The largest absolute Gasteiger partial charge is 0.399 e. The molecular formula is C13H14FN3OS. The Morgan fingerprint density at radius 3 is 2.89 bits per heavy atom. The van der Waals surface area contributed by atoms with Crippen molar-refractivity contribution < 1.29 is 9.18 Å². The number of anilines is 1. The van der Waals surface area contributed by atoms with Gasteiger partial charge in [-0.2, -0.15) is 0 Å². The number of aryl methyl sites for hydroxylation is 1. The topological polar surface area (TPSA) is 59.2 Å². The van der Waals surface area contributed by atoms with Gasteiger partial charge in [0.25, 0.3) is 5.91 Å². The summed E-state index contributed by atoms with van der Waals surface area (Å²) in [6.45, 7) is 2.30. The van der Waals surface area contributed by atoms with E-state index in [0.29, 0.717) is 12.2 Å². The van der Waals surface area contributed by atoms with Crippen LogP contribution in [0.4, 0.5) is 10.1 Å². The molecular weight excluding hydrogens is 265 g/mol. The van der Waals surface area contributed by atoms with Gasteiger partial charge >= 0.3 is 0 Å². The SMILES string of the molecule is Cc1ncc(CN(C)C(=O)c2cc(N)ccc2F)s1. The third-order valence-corrected chi connectivity index (χ3v) is 3.53. The number of hydrogen-bond acceptors (Lipinski definition) is 4. The Balaban J connectivity index is 2.16. The van der Waals surface area contributed by atoms with Crippen molar-refractivity contribution in [3.8, 4) is 0 Å². The van der Waals surface area contributed by atoms with E-state index in [4.69, 9.17) is 5.73 Å². The average Bonchev–Trinajstić information content (AvgIpc) is 2.77. The number of carbonyl (C=O) groups is 1. The maximum atomic E-state index is 13.6. The smallest absolute Gasteiger partial charge is 0.256 e. The van der Waals surface area contributed by atoms with Crippen molar-refractivity contribution >= 4 is 22.9 Å². The molecule has 6 heteroatoms. The second-order valence-corrected chi connectivity index (χ2v) is 5.57. The van der Waals surface area contributed by atoms with E-state index in [1.807, 2.05) is 6.92 Å². The first-order valence-electron chi connectivity index (χ1n) is 5.69. The molecule has 0 spiro atoms. The Bertz CT molecular complexity index is 612. The lowest BCUT2D eigenvalue weighted by Crippen LogP contribution is -2.26. The van der Waals surface area contributed by atoms with Gasteiger partial charge in [0.15, 0.2) is 0 Å². The zero-order chi connectivity index (χ0) is 14.0. The molecule has 0 aliphatic carbocycles. The minimum absolute atomic E-state index is 0.0104. The van der Waals surface area contributed by atoms with Crippen LogP contribution in [-0.4, -0.2) is 22.8 Å². The van der Waals surface area contributed by atoms with E-state index >= 15 is 0 Å². The highest BCUT2D eigenvalue weighted by Crippen LogP contribution is 2.17. The molecule has 1 aromatic carbocycles. The number of aromatic nitrogens is 1. The number of carbonyl (C=O) groups excluding carboxylic acids is 1. The van der Waals surface area contributed by atoms with Gasteiger partial charge in [-0.05, 0) is 25.1 Å². The summed E-state index contributed by atoms with van der Waals surface area (Å²) in [5.41, 5.74) is 5.93. The Labute approximate surface area is 114 Å². The van der Waals surface area contributed by atoms with E-state index in [1.54, 1.807) is 13.2 Å². The zero-order valence-corrected chi connectivity index (χ0v) is 11.5. The monoisotopic (exact) mass is 279 g/mol. The van der Waals surface area contributed by atoms with Gasteiger partial charge in [0, 0.05) is 23.8 Å². The average molecular weight is 279 g/mol. The summed E-state index contributed by atoms with van der Waals surface area (Å²) in [6, 6.07) is 3.98. The lowest BCUT2D eigenvalue weighted by Gasteiger charge is -2.16. The molecule has 4 nitrogen and oxygen atoms in total.